The van der Waals surface area contributed by atoms with Crippen molar-refractivity contribution in [3.05, 3.63) is 58.7 Å². The lowest BCUT2D eigenvalue weighted by atomic mass is 9.90. The summed E-state index contributed by atoms with van der Waals surface area (Å²) in [5.74, 6) is 0.430. The Morgan fingerprint density at radius 2 is 1.92 bits per heavy atom. The molecule has 1 spiro atoms. The highest BCUT2D eigenvalue weighted by atomic mass is 35.5. The summed E-state index contributed by atoms with van der Waals surface area (Å²) >= 11 is 5.99. The molecule has 1 aromatic heterocycles. The smallest absolute Gasteiger partial charge is 0.259 e. The van der Waals surface area contributed by atoms with Crippen molar-refractivity contribution in [2.24, 2.45) is 0 Å². The molecule has 6 heteroatoms. The summed E-state index contributed by atoms with van der Waals surface area (Å²) in [5, 5.41) is 0.695. The number of piperidine rings is 1. The number of amides is 1. The molecule has 1 amide bonds. The number of hydrogen-bond donors (Lipinski definition) is 0. The fraction of sp³-hybridized carbons (Fsp3) is 0.400. The van der Waals surface area contributed by atoms with Crippen molar-refractivity contribution in [1.29, 1.82) is 0 Å². The SMILES string of the molecule is CN1CCC2(CC1)CN(Cc1ccc(Cl)cc1)C(=O)c1cccnc1O2. The van der Waals surface area contributed by atoms with Crippen LogP contribution in [0.2, 0.25) is 5.02 Å². The number of likely N-dealkylation sites (tertiary alicyclic amines) is 1. The number of carbonyl (C=O) groups is 1. The summed E-state index contributed by atoms with van der Waals surface area (Å²) in [5.41, 5.74) is 1.21. The average molecular weight is 372 g/mol. The number of fused-ring (bicyclic) bond motifs is 1. The molecule has 0 atom stereocenters. The van der Waals surface area contributed by atoms with Crippen molar-refractivity contribution < 1.29 is 9.53 Å². The van der Waals surface area contributed by atoms with Crippen molar-refractivity contribution in [2.75, 3.05) is 26.7 Å². The van der Waals surface area contributed by atoms with Crippen LogP contribution >= 0.6 is 11.6 Å². The zero-order chi connectivity index (χ0) is 18.1. The Kier molecular flexibility index (Phi) is 4.59. The van der Waals surface area contributed by atoms with Gasteiger partial charge in [0, 0.05) is 43.7 Å². The van der Waals surface area contributed by atoms with E-state index >= 15 is 0 Å². The minimum Gasteiger partial charge on any atom is -0.468 e. The zero-order valence-electron chi connectivity index (χ0n) is 14.8. The van der Waals surface area contributed by atoms with Gasteiger partial charge in [-0.2, -0.15) is 0 Å². The molecule has 0 unspecified atom stereocenters. The van der Waals surface area contributed by atoms with Gasteiger partial charge in [0.2, 0.25) is 5.88 Å². The van der Waals surface area contributed by atoms with Gasteiger partial charge in [0.15, 0.2) is 0 Å². The molecule has 2 aromatic rings. The first-order valence-corrected chi connectivity index (χ1v) is 9.29. The van der Waals surface area contributed by atoms with E-state index in [1.54, 1.807) is 18.3 Å². The molecule has 4 rings (SSSR count). The molecule has 1 aromatic carbocycles. The molecule has 1 saturated heterocycles. The second-order valence-electron chi connectivity index (χ2n) is 7.23. The Hall–Kier alpha value is -2.11. The predicted octanol–water partition coefficient (Wildman–Crippen LogP) is 3.23. The Morgan fingerprint density at radius 1 is 1.19 bits per heavy atom. The van der Waals surface area contributed by atoms with Gasteiger partial charge in [-0.15, -0.1) is 0 Å². The van der Waals surface area contributed by atoms with Crippen LogP contribution < -0.4 is 4.74 Å². The molecule has 2 aliphatic rings. The summed E-state index contributed by atoms with van der Waals surface area (Å²) in [6.07, 6.45) is 3.44. The Morgan fingerprint density at radius 3 is 2.65 bits per heavy atom. The Labute approximate surface area is 158 Å². The van der Waals surface area contributed by atoms with Crippen LogP contribution in [0.25, 0.3) is 0 Å². The minimum atomic E-state index is -0.381. The van der Waals surface area contributed by atoms with E-state index in [1.807, 2.05) is 29.2 Å². The van der Waals surface area contributed by atoms with Crippen molar-refractivity contribution in [1.82, 2.24) is 14.8 Å². The molecule has 136 valence electrons. The molecule has 0 radical (unpaired) electrons. The maximum atomic E-state index is 13.2. The largest absolute Gasteiger partial charge is 0.468 e. The summed E-state index contributed by atoms with van der Waals surface area (Å²) in [6, 6.07) is 11.2. The monoisotopic (exact) mass is 371 g/mol. The fourth-order valence-electron chi connectivity index (χ4n) is 3.69. The second-order valence-corrected chi connectivity index (χ2v) is 7.67. The molecule has 0 aliphatic carbocycles. The van der Waals surface area contributed by atoms with Gasteiger partial charge in [-0.05, 0) is 36.9 Å². The number of carbonyl (C=O) groups excluding carboxylic acids is 1. The van der Waals surface area contributed by atoms with E-state index in [4.69, 9.17) is 16.3 Å². The maximum absolute atomic E-state index is 13.2. The molecule has 2 aliphatic heterocycles. The Balaban J connectivity index is 1.68. The van der Waals surface area contributed by atoms with Crippen molar-refractivity contribution in [2.45, 2.75) is 25.0 Å². The third-order valence-electron chi connectivity index (χ3n) is 5.27. The molecular weight excluding hydrogens is 350 g/mol. The van der Waals surface area contributed by atoms with E-state index in [-0.39, 0.29) is 11.5 Å². The van der Waals surface area contributed by atoms with Gasteiger partial charge < -0.3 is 14.5 Å². The van der Waals surface area contributed by atoms with Crippen LogP contribution in [0.5, 0.6) is 5.88 Å². The first kappa shape index (κ1) is 17.3. The normalized spacial score (nSPS) is 19.8. The molecule has 5 nitrogen and oxygen atoms in total. The van der Waals surface area contributed by atoms with Crippen LogP contribution in [0.15, 0.2) is 42.6 Å². The van der Waals surface area contributed by atoms with Crippen LogP contribution in [-0.2, 0) is 6.54 Å². The number of halogens is 1. The molecule has 0 saturated carbocycles. The number of ether oxygens (including phenoxy) is 1. The van der Waals surface area contributed by atoms with Crippen LogP contribution in [-0.4, -0.2) is 53.0 Å². The highest BCUT2D eigenvalue weighted by Crippen LogP contribution is 2.34. The molecular formula is C20H22ClN3O2. The molecule has 0 N–H and O–H groups in total. The van der Waals surface area contributed by atoms with E-state index in [2.05, 4.69) is 16.9 Å². The Bertz CT molecular complexity index is 801. The van der Waals surface area contributed by atoms with Gasteiger partial charge in [-0.1, -0.05) is 23.7 Å². The molecule has 0 bridgehead atoms. The first-order valence-electron chi connectivity index (χ1n) is 8.91. The first-order chi connectivity index (χ1) is 12.5. The summed E-state index contributed by atoms with van der Waals surface area (Å²) in [6.45, 7) is 3.00. The van der Waals surface area contributed by atoms with Crippen LogP contribution in [0, 0.1) is 0 Å². The minimum absolute atomic E-state index is 0.0288. The van der Waals surface area contributed by atoms with Crippen molar-refractivity contribution in [3.63, 3.8) is 0 Å². The number of aromatic nitrogens is 1. The average Bonchev–Trinajstić information content (AvgIpc) is 2.76. The van der Waals surface area contributed by atoms with Crippen LogP contribution in [0.3, 0.4) is 0 Å². The lowest BCUT2D eigenvalue weighted by Crippen LogP contribution is -2.53. The van der Waals surface area contributed by atoms with E-state index in [0.29, 0.717) is 29.6 Å². The highest BCUT2D eigenvalue weighted by Gasteiger charge is 2.42. The topological polar surface area (TPSA) is 45.7 Å². The molecule has 1 fully saturated rings. The van der Waals surface area contributed by atoms with Gasteiger partial charge in [-0.3, -0.25) is 4.79 Å². The zero-order valence-corrected chi connectivity index (χ0v) is 15.6. The summed E-state index contributed by atoms with van der Waals surface area (Å²) < 4.78 is 6.37. The van der Waals surface area contributed by atoms with Crippen molar-refractivity contribution in [3.8, 4) is 5.88 Å². The third-order valence-corrected chi connectivity index (χ3v) is 5.52. The number of benzene rings is 1. The van der Waals surface area contributed by atoms with Gasteiger partial charge >= 0.3 is 0 Å². The fourth-order valence-corrected chi connectivity index (χ4v) is 3.81. The number of hydrogen-bond acceptors (Lipinski definition) is 4. The van der Waals surface area contributed by atoms with E-state index in [1.165, 1.54) is 0 Å². The van der Waals surface area contributed by atoms with E-state index in [9.17, 15) is 4.79 Å². The van der Waals surface area contributed by atoms with Gasteiger partial charge in [-0.25, -0.2) is 4.98 Å². The highest BCUT2D eigenvalue weighted by molar-refractivity contribution is 6.30. The van der Waals surface area contributed by atoms with Crippen LogP contribution in [0.1, 0.15) is 28.8 Å². The standard InChI is InChI=1S/C20H22ClN3O2/c1-23-11-8-20(9-12-23)14-24(13-15-4-6-16(21)7-5-15)19(25)17-3-2-10-22-18(17)26-20/h2-7,10H,8-9,11-14H2,1H3. The van der Waals surface area contributed by atoms with Gasteiger partial charge in [0.1, 0.15) is 11.2 Å². The van der Waals surface area contributed by atoms with Crippen LogP contribution in [0.4, 0.5) is 0 Å². The maximum Gasteiger partial charge on any atom is 0.259 e. The van der Waals surface area contributed by atoms with Gasteiger partial charge in [0.05, 0.1) is 6.54 Å². The van der Waals surface area contributed by atoms with E-state index in [0.717, 1.165) is 31.5 Å². The lowest BCUT2D eigenvalue weighted by molar-refractivity contribution is -0.0140. The van der Waals surface area contributed by atoms with Gasteiger partial charge in [0.25, 0.3) is 5.91 Å². The lowest BCUT2D eigenvalue weighted by Gasteiger charge is -2.41. The second kappa shape index (κ2) is 6.89. The predicted molar refractivity (Wildman–Crippen MR) is 101 cm³/mol. The third kappa shape index (κ3) is 3.41. The van der Waals surface area contributed by atoms with E-state index < -0.39 is 0 Å². The number of pyridine rings is 1. The summed E-state index contributed by atoms with van der Waals surface area (Å²) in [7, 11) is 2.12. The number of rotatable bonds is 2. The quantitative estimate of drug-likeness (QED) is 0.813. The molecule has 26 heavy (non-hydrogen) atoms. The molecule has 3 heterocycles. The summed E-state index contributed by atoms with van der Waals surface area (Å²) in [4.78, 5) is 21.7. The van der Waals surface area contributed by atoms with Crippen molar-refractivity contribution >= 4 is 17.5 Å². The number of nitrogens with zero attached hydrogens (tertiary/aromatic N) is 3.